The minimum Gasteiger partial charge on any atom is -0.375 e. The summed E-state index contributed by atoms with van der Waals surface area (Å²) in [7, 11) is -1.83. The number of methoxy groups -OCH3 is 1. The summed E-state index contributed by atoms with van der Waals surface area (Å²) >= 11 is 5.82. The number of anilines is 1. The highest BCUT2D eigenvalue weighted by molar-refractivity contribution is 7.94. The zero-order valence-corrected chi connectivity index (χ0v) is 12.4. The Hall–Kier alpha value is -1.37. The third-order valence-corrected chi connectivity index (χ3v) is 4.51. The SMILES string of the molecule is COCC(=O)N(c1ccc(Cl)cc1)[C@@H]1C=CS(=O)(=O)C1. The van der Waals surface area contributed by atoms with Crippen LogP contribution in [0.2, 0.25) is 5.02 Å². The van der Waals surface area contributed by atoms with Crippen molar-refractivity contribution in [1.29, 1.82) is 0 Å². The Kier molecular flexibility index (Phi) is 4.47. The lowest BCUT2D eigenvalue weighted by molar-refractivity contribution is -0.122. The number of hydrogen-bond acceptors (Lipinski definition) is 4. The maximum absolute atomic E-state index is 12.2. The number of hydrogen-bond donors (Lipinski definition) is 0. The molecule has 0 radical (unpaired) electrons. The second-order valence-corrected chi connectivity index (χ2v) is 6.77. The van der Waals surface area contributed by atoms with Crippen molar-refractivity contribution in [1.82, 2.24) is 0 Å². The molecule has 0 aliphatic carbocycles. The van der Waals surface area contributed by atoms with E-state index in [1.807, 2.05) is 0 Å². The normalized spacial score (nSPS) is 20.0. The van der Waals surface area contributed by atoms with Gasteiger partial charge >= 0.3 is 0 Å². The number of carbonyl (C=O) groups excluding carboxylic acids is 1. The quantitative estimate of drug-likeness (QED) is 0.847. The lowest BCUT2D eigenvalue weighted by Gasteiger charge is -2.27. The van der Waals surface area contributed by atoms with Gasteiger partial charge in [-0.05, 0) is 30.3 Å². The van der Waals surface area contributed by atoms with Gasteiger partial charge in [0, 0.05) is 23.2 Å². The molecule has 0 saturated carbocycles. The Labute approximate surface area is 122 Å². The van der Waals surface area contributed by atoms with Crippen molar-refractivity contribution in [2.75, 3.05) is 24.4 Å². The topological polar surface area (TPSA) is 63.7 Å². The number of halogens is 1. The van der Waals surface area contributed by atoms with Crippen LogP contribution in [0.15, 0.2) is 35.7 Å². The van der Waals surface area contributed by atoms with Gasteiger partial charge in [0.2, 0.25) is 0 Å². The van der Waals surface area contributed by atoms with Gasteiger partial charge in [0.25, 0.3) is 5.91 Å². The van der Waals surface area contributed by atoms with Crippen molar-refractivity contribution < 1.29 is 17.9 Å². The molecule has 0 saturated heterocycles. The van der Waals surface area contributed by atoms with Crippen LogP contribution in [0.3, 0.4) is 0 Å². The summed E-state index contributed by atoms with van der Waals surface area (Å²) in [6.07, 6.45) is 1.51. The Morgan fingerprint density at radius 3 is 2.55 bits per heavy atom. The van der Waals surface area contributed by atoms with E-state index in [4.69, 9.17) is 16.3 Å². The van der Waals surface area contributed by atoms with Gasteiger partial charge in [0.05, 0.1) is 11.8 Å². The Bertz CT molecular complexity index is 624. The molecule has 1 aliphatic rings. The van der Waals surface area contributed by atoms with Gasteiger partial charge in [-0.25, -0.2) is 8.42 Å². The predicted octanol–water partition coefficient (Wildman–Crippen LogP) is 1.63. The van der Waals surface area contributed by atoms with Crippen LogP contribution in [-0.4, -0.2) is 39.8 Å². The minimum atomic E-state index is -3.25. The van der Waals surface area contributed by atoms with Gasteiger partial charge in [0.1, 0.15) is 6.61 Å². The molecule has 7 heteroatoms. The van der Waals surface area contributed by atoms with Gasteiger partial charge in [0.15, 0.2) is 9.84 Å². The fourth-order valence-electron chi connectivity index (χ4n) is 2.04. The van der Waals surface area contributed by atoms with Crippen LogP contribution >= 0.6 is 11.6 Å². The molecule has 0 unspecified atom stereocenters. The second kappa shape index (κ2) is 5.95. The molecule has 2 rings (SSSR count). The molecule has 1 aromatic carbocycles. The van der Waals surface area contributed by atoms with Crippen molar-refractivity contribution >= 4 is 33.0 Å². The van der Waals surface area contributed by atoms with Crippen LogP contribution in [0.4, 0.5) is 5.69 Å². The highest BCUT2D eigenvalue weighted by Crippen LogP contribution is 2.24. The smallest absolute Gasteiger partial charge is 0.253 e. The van der Waals surface area contributed by atoms with Crippen LogP contribution in [-0.2, 0) is 19.4 Å². The van der Waals surface area contributed by atoms with Crippen LogP contribution in [0.5, 0.6) is 0 Å². The van der Waals surface area contributed by atoms with E-state index in [0.717, 1.165) is 5.41 Å². The Morgan fingerprint density at radius 2 is 2.05 bits per heavy atom. The number of carbonyl (C=O) groups is 1. The van der Waals surface area contributed by atoms with Crippen LogP contribution in [0.1, 0.15) is 0 Å². The van der Waals surface area contributed by atoms with Crippen LogP contribution < -0.4 is 4.90 Å². The Balaban J connectivity index is 2.33. The lowest BCUT2D eigenvalue weighted by atomic mass is 10.2. The first kappa shape index (κ1) is 15.0. The van der Waals surface area contributed by atoms with Gasteiger partial charge in [-0.2, -0.15) is 0 Å². The molecule has 1 heterocycles. The molecule has 0 spiro atoms. The lowest BCUT2D eigenvalue weighted by Crippen LogP contribution is -2.43. The number of nitrogens with zero attached hydrogens (tertiary/aromatic N) is 1. The molecule has 1 aromatic rings. The minimum absolute atomic E-state index is 0.118. The zero-order chi connectivity index (χ0) is 14.8. The summed E-state index contributed by atoms with van der Waals surface area (Å²) in [5.41, 5.74) is 0.586. The van der Waals surface area contributed by atoms with Gasteiger partial charge < -0.3 is 9.64 Å². The van der Waals surface area contributed by atoms with E-state index in [0.29, 0.717) is 10.7 Å². The van der Waals surface area contributed by atoms with Crippen molar-refractivity contribution in [3.8, 4) is 0 Å². The molecule has 1 amide bonds. The van der Waals surface area contributed by atoms with Crippen LogP contribution in [0.25, 0.3) is 0 Å². The largest absolute Gasteiger partial charge is 0.375 e. The fourth-order valence-corrected chi connectivity index (χ4v) is 3.43. The molecule has 1 atom stereocenters. The highest BCUT2D eigenvalue weighted by Gasteiger charge is 2.31. The molecule has 1 aliphatic heterocycles. The molecule has 108 valence electrons. The van der Waals surface area contributed by atoms with Crippen LogP contribution in [0, 0.1) is 0 Å². The number of ether oxygens (including phenoxy) is 1. The van der Waals surface area contributed by atoms with Crippen molar-refractivity contribution in [2.45, 2.75) is 6.04 Å². The number of amides is 1. The monoisotopic (exact) mass is 315 g/mol. The zero-order valence-electron chi connectivity index (χ0n) is 10.8. The number of sulfone groups is 1. The second-order valence-electron chi connectivity index (χ2n) is 4.40. The number of benzene rings is 1. The van der Waals surface area contributed by atoms with Crippen molar-refractivity contribution in [3.05, 3.63) is 40.8 Å². The van der Waals surface area contributed by atoms with E-state index in [-0.39, 0.29) is 18.3 Å². The summed E-state index contributed by atoms with van der Waals surface area (Å²) in [6.45, 7) is -0.118. The average Bonchev–Trinajstić information content (AvgIpc) is 2.73. The summed E-state index contributed by atoms with van der Waals surface area (Å²) in [6, 6.07) is 6.13. The Morgan fingerprint density at radius 1 is 1.40 bits per heavy atom. The summed E-state index contributed by atoms with van der Waals surface area (Å²) in [5, 5.41) is 1.68. The third-order valence-electron chi connectivity index (χ3n) is 2.88. The van der Waals surface area contributed by atoms with E-state index in [9.17, 15) is 13.2 Å². The fraction of sp³-hybridized carbons (Fsp3) is 0.308. The van der Waals surface area contributed by atoms with E-state index >= 15 is 0 Å². The standard InChI is InChI=1S/C13H14ClNO4S/c1-19-8-13(16)15(11-4-2-10(14)3-5-11)12-6-7-20(17,18)9-12/h2-7,12H,8-9H2,1H3/t12-/m1/s1. The molecule has 0 fully saturated rings. The predicted molar refractivity (Wildman–Crippen MR) is 77.5 cm³/mol. The maximum atomic E-state index is 12.2. The van der Waals surface area contributed by atoms with Gasteiger partial charge in [-0.1, -0.05) is 11.6 Å². The molecular formula is C13H14ClNO4S. The van der Waals surface area contributed by atoms with Crippen molar-refractivity contribution in [2.24, 2.45) is 0 Å². The molecule has 0 aromatic heterocycles. The van der Waals surface area contributed by atoms with E-state index in [2.05, 4.69) is 0 Å². The molecule has 20 heavy (non-hydrogen) atoms. The van der Waals surface area contributed by atoms with Crippen molar-refractivity contribution in [3.63, 3.8) is 0 Å². The summed E-state index contributed by atoms with van der Waals surface area (Å²) in [5.74, 6) is -0.424. The first-order valence-corrected chi connectivity index (χ1v) is 8.00. The average molecular weight is 316 g/mol. The molecule has 0 bridgehead atoms. The highest BCUT2D eigenvalue weighted by atomic mass is 35.5. The molecule has 0 N–H and O–H groups in total. The third kappa shape index (κ3) is 3.39. The van der Waals surface area contributed by atoms with E-state index < -0.39 is 15.9 Å². The summed E-state index contributed by atoms with van der Waals surface area (Å²) in [4.78, 5) is 13.6. The summed E-state index contributed by atoms with van der Waals surface area (Å²) < 4.78 is 27.9. The van der Waals surface area contributed by atoms with Gasteiger partial charge in [-0.3, -0.25) is 4.79 Å². The van der Waals surface area contributed by atoms with Gasteiger partial charge in [-0.15, -0.1) is 0 Å². The first-order chi connectivity index (χ1) is 9.43. The maximum Gasteiger partial charge on any atom is 0.253 e. The van der Waals surface area contributed by atoms with E-state index in [1.165, 1.54) is 18.1 Å². The molecular weight excluding hydrogens is 302 g/mol. The molecule has 5 nitrogen and oxygen atoms in total. The number of rotatable bonds is 4. The van der Waals surface area contributed by atoms with E-state index in [1.54, 1.807) is 24.3 Å². The first-order valence-electron chi connectivity index (χ1n) is 5.90.